The Morgan fingerprint density at radius 1 is 0.778 bits per heavy atom. The van der Waals surface area contributed by atoms with Gasteiger partial charge in [0.2, 0.25) is 0 Å². The van der Waals surface area contributed by atoms with Crippen molar-refractivity contribution < 1.29 is 48.9 Å². The highest BCUT2D eigenvalue weighted by molar-refractivity contribution is 7.86. The van der Waals surface area contributed by atoms with Crippen LogP contribution in [0.15, 0.2) is 0 Å². The third-order valence-electron chi connectivity index (χ3n) is 5.72. The maximum atomic E-state index is 12.9. The molecule has 6 nitrogen and oxygen atoms in total. The maximum absolute atomic E-state index is 12.9. The van der Waals surface area contributed by atoms with Crippen LogP contribution in [0.4, 0.5) is 22.0 Å². The second-order valence-electron chi connectivity index (χ2n) is 10.2. The minimum absolute atomic E-state index is 1.06. The van der Waals surface area contributed by atoms with Crippen molar-refractivity contribution in [3.63, 3.8) is 0 Å². The summed E-state index contributed by atoms with van der Waals surface area (Å²) >= 11 is 0. The molecule has 218 valence electrons. The standard InChI is InChI=1S/C16H36N.C8H11F5O5S/c1-5-9-13-17(14-10-6-2,15-11-7-3)16-12-8-4;1-6(2,3)5(14)18-4(7(9,10)11)8(12,13)19(15,16)17/h5-16H2,1-4H3;4H,1-3H3,(H,15,16,17)/q+1;/p-1. The van der Waals surface area contributed by atoms with Crippen LogP contribution >= 0.6 is 0 Å². The summed E-state index contributed by atoms with van der Waals surface area (Å²) in [4.78, 5) is 11.1. The lowest BCUT2D eigenvalue weighted by molar-refractivity contribution is -0.929. The quantitative estimate of drug-likeness (QED) is 0.0978. The Labute approximate surface area is 214 Å². The summed E-state index contributed by atoms with van der Waals surface area (Å²) in [6.45, 7) is 18.2. The smallest absolute Gasteiger partial charge is 0.432 e. The summed E-state index contributed by atoms with van der Waals surface area (Å²) in [7, 11) is -6.66. The minimum Gasteiger partial charge on any atom is -0.743 e. The molecule has 0 fully saturated rings. The largest absolute Gasteiger partial charge is 0.743 e. The van der Waals surface area contributed by atoms with Gasteiger partial charge in [0, 0.05) is 0 Å². The molecule has 0 aliphatic heterocycles. The highest BCUT2D eigenvalue weighted by Crippen LogP contribution is 2.39. The predicted molar refractivity (Wildman–Crippen MR) is 129 cm³/mol. The zero-order chi connectivity index (χ0) is 28.8. The first kappa shape index (κ1) is 37.1. The highest BCUT2D eigenvalue weighted by atomic mass is 32.2. The molecule has 36 heavy (non-hydrogen) atoms. The van der Waals surface area contributed by atoms with Gasteiger partial charge >= 0.3 is 17.4 Å². The molecule has 0 bridgehead atoms. The molecule has 0 rings (SSSR count). The van der Waals surface area contributed by atoms with Crippen LogP contribution < -0.4 is 0 Å². The van der Waals surface area contributed by atoms with Gasteiger partial charge in [0.05, 0.1) is 31.6 Å². The third kappa shape index (κ3) is 13.5. The third-order valence-corrected chi connectivity index (χ3v) is 6.60. The monoisotopic (exact) mass is 555 g/mol. The van der Waals surface area contributed by atoms with Gasteiger partial charge in [0.25, 0.3) is 6.10 Å². The number of carbonyl (C=O) groups is 1. The van der Waals surface area contributed by atoms with Gasteiger partial charge in [-0.1, -0.05) is 53.4 Å². The lowest BCUT2D eigenvalue weighted by Gasteiger charge is -2.39. The fraction of sp³-hybridized carbons (Fsp3) is 0.958. The van der Waals surface area contributed by atoms with E-state index >= 15 is 0 Å². The Morgan fingerprint density at radius 2 is 1.08 bits per heavy atom. The summed E-state index contributed by atoms with van der Waals surface area (Å²) in [6, 6.07) is 0. The van der Waals surface area contributed by atoms with Crippen LogP contribution in [0.5, 0.6) is 0 Å². The average Bonchev–Trinajstić information content (AvgIpc) is 2.74. The molecule has 0 aliphatic rings. The number of halogens is 5. The molecule has 0 saturated heterocycles. The fourth-order valence-electron chi connectivity index (χ4n) is 3.39. The van der Waals surface area contributed by atoms with E-state index in [1.807, 2.05) is 0 Å². The number of carbonyl (C=O) groups excluding carboxylic acids is 1. The number of quaternary nitrogens is 1. The SMILES string of the molecule is CC(C)(C)C(=O)OC(C(F)(F)F)C(F)(F)S(=O)(=O)[O-].CCCC[N+](CCCC)(CCCC)CCCC. The molecule has 0 amide bonds. The van der Waals surface area contributed by atoms with Crippen molar-refractivity contribution in [2.45, 2.75) is 117 Å². The zero-order valence-corrected chi connectivity index (χ0v) is 23.7. The first-order valence-electron chi connectivity index (χ1n) is 12.7. The molecular weight excluding hydrogens is 509 g/mol. The van der Waals surface area contributed by atoms with E-state index in [1.165, 1.54) is 82.0 Å². The first-order valence-corrected chi connectivity index (χ1v) is 14.1. The second-order valence-corrected chi connectivity index (χ2v) is 11.7. The van der Waals surface area contributed by atoms with E-state index in [1.54, 1.807) is 0 Å². The molecule has 0 saturated carbocycles. The molecule has 0 spiro atoms. The van der Waals surface area contributed by atoms with E-state index in [0.29, 0.717) is 0 Å². The Bertz CT molecular complexity index is 684. The highest BCUT2D eigenvalue weighted by Gasteiger charge is 2.63. The molecule has 0 aliphatic carbocycles. The molecule has 12 heteroatoms. The molecule has 0 aromatic heterocycles. The Morgan fingerprint density at radius 3 is 1.28 bits per heavy atom. The van der Waals surface area contributed by atoms with Crippen molar-refractivity contribution in [2.24, 2.45) is 5.41 Å². The molecule has 0 radical (unpaired) electrons. The van der Waals surface area contributed by atoms with Crippen LogP contribution in [-0.4, -0.2) is 67.1 Å². The molecule has 0 N–H and O–H groups in total. The van der Waals surface area contributed by atoms with Gasteiger partial charge in [-0.2, -0.15) is 22.0 Å². The van der Waals surface area contributed by atoms with Gasteiger partial charge < -0.3 is 13.8 Å². The van der Waals surface area contributed by atoms with E-state index in [4.69, 9.17) is 0 Å². The fourth-order valence-corrected chi connectivity index (χ4v) is 3.83. The van der Waals surface area contributed by atoms with Crippen molar-refractivity contribution in [3.05, 3.63) is 0 Å². The lowest BCUT2D eigenvalue weighted by Crippen LogP contribution is -2.53. The Kier molecular flexibility index (Phi) is 16.6. The average molecular weight is 556 g/mol. The van der Waals surface area contributed by atoms with Crippen LogP contribution in [-0.2, 0) is 19.6 Å². The van der Waals surface area contributed by atoms with Crippen LogP contribution in [0, 0.1) is 5.41 Å². The van der Waals surface area contributed by atoms with Crippen LogP contribution in [0.2, 0.25) is 0 Å². The molecule has 1 unspecified atom stereocenters. The lowest BCUT2D eigenvalue weighted by atomic mass is 9.97. The van der Waals surface area contributed by atoms with E-state index < -0.39 is 39.0 Å². The number of alkyl halides is 5. The topological polar surface area (TPSA) is 83.5 Å². The summed E-state index contributed by atoms with van der Waals surface area (Å²) in [5.41, 5.74) is -1.59. The zero-order valence-electron chi connectivity index (χ0n) is 22.8. The number of ether oxygens (including phenoxy) is 1. The van der Waals surface area contributed by atoms with E-state index in [0.717, 1.165) is 20.8 Å². The predicted octanol–water partition coefficient (Wildman–Crippen LogP) is 6.65. The summed E-state index contributed by atoms with van der Waals surface area (Å²) in [5, 5.41) is -5.81. The van der Waals surface area contributed by atoms with Gasteiger partial charge in [-0.05, 0) is 46.5 Å². The van der Waals surface area contributed by atoms with Gasteiger partial charge in [0.15, 0.2) is 10.1 Å². The molecule has 0 aromatic carbocycles. The Hall–Kier alpha value is -1.01. The van der Waals surface area contributed by atoms with Crippen LogP contribution in [0.25, 0.3) is 0 Å². The van der Waals surface area contributed by atoms with Crippen molar-refractivity contribution in [3.8, 4) is 0 Å². The van der Waals surface area contributed by atoms with Gasteiger partial charge in [0.1, 0.15) is 0 Å². The molecule has 0 heterocycles. The molecular formula is C24H46F5NO5S. The molecule has 1 atom stereocenters. The number of unbranched alkanes of at least 4 members (excludes halogenated alkanes) is 4. The van der Waals surface area contributed by atoms with Crippen molar-refractivity contribution >= 4 is 16.1 Å². The maximum Gasteiger partial charge on any atom is 0.432 e. The van der Waals surface area contributed by atoms with Gasteiger partial charge in [-0.15, -0.1) is 0 Å². The van der Waals surface area contributed by atoms with Crippen molar-refractivity contribution in [2.75, 3.05) is 26.2 Å². The van der Waals surface area contributed by atoms with E-state index in [-0.39, 0.29) is 0 Å². The summed E-state index contributed by atoms with van der Waals surface area (Å²) in [6.07, 6.45) is 0.794. The number of hydrogen-bond donors (Lipinski definition) is 0. The van der Waals surface area contributed by atoms with Gasteiger partial charge in [-0.3, -0.25) is 4.79 Å². The Balaban J connectivity index is 0. The number of esters is 1. The van der Waals surface area contributed by atoms with Gasteiger partial charge in [-0.25, -0.2) is 8.42 Å². The number of hydrogen-bond acceptors (Lipinski definition) is 5. The van der Waals surface area contributed by atoms with Crippen LogP contribution in [0.3, 0.4) is 0 Å². The number of rotatable bonds is 15. The van der Waals surface area contributed by atoms with Crippen LogP contribution in [0.1, 0.15) is 99.8 Å². The van der Waals surface area contributed by atoms with E-state index in [2.05, 4.69) is 32.4 Å². The first-order chi connectivity index (χ1) is 16.3. The van der Waals surface area contributed by atoms with E-state index in [9.17, 15) is 39.7 Å². The summed E-state index contributed by atoms with van der Waals surface area (Å²) in [5.74, 6) is -1.72. The normalized spacial score (nSPS) is 14.1. The number of nitrogens with zero attached hydrogens (tertiary/aromatic N) is 1. The molecule has 0 aromatic rings. The summed E-state index contributed by atoms with van der Waals surface area (Å²) < 4.78 is 98.3. The van der Waals surface area contributed by atoms with Crippen molar-refractivity contribution in [1.82, 2.24) is 0 Å². The minimum atomic E-state index is -6.66. The second kappa shape index (κ2) is 16.1. The van der Waals surface area contributed by atoms with Crippen molar-refractivity contribution in [1.29, 1.82) is 0 Å².